The summed E-state index contributed by atoms with van der Waals surface area (Å²) in [4.78, 5) is 22.0. The van der Waals surface area contributed by atoms with Gasteiger partial charge in [-0.15, -0.1) is 0 Å². The van der Waals surface area contributed by atoms with Crippen molar-refractivity contribution < 1.29 is 23.4 Å². The Bertz CT molecular complexity index is 355. The first kappa shape index (κ1) is 15.1. The molecular formula is C12H21O5P. The third-order valence-corrected chi connectivity index (χ3v) is 8.08. The predicted octanol–water partition coefficient (Wildman–Crippen LogP) is 2.10. The number of rotatable bonds is 6. The van der Waals surface area contributed by atoms with Gasteiger partial charge in [-0.3, -0.25) is 0 Å². The van der Waals surface area contributed by atoms with Crippen molar-refractivity contribution in [1.82, 2.24) is 0 Å². The first-order chi connectivity index (χ1) is 8.41. The van der Waals surface area contributed by atoms with Crippen molar-refractivity contribution in [3.63, 3.8) is 0 Å². The molecule has 6 heteroatoms. The zero-order chi connectivity index (χ0) is 13.7. The summed E-state index contributed by atoms with van der Waals surface area (Å²) in [6, 6.07) is 0. The van der Waals surface area contributed by atoms with Crippen LogP contribution in [-0.2, 0) is 23.4 Å². The SMILES string of the molecule is CCP1(OCCOC(C)=O)(OC(C)=O)CC=CC1. The number of esters is 1. The van der Waals surface area contributed by atoms with E-state index in [1.807, 2.05) is 19.1 Å². The number of hydrogen-bond acceptors (Lipinski definition) is 5. The molecule has 5 nitrogen and oxygen atoms in total. The predicted molar refractivity (Wildman–Crippen MR) is 70.7 cm³/mol. The molecule has 0 fully saturated rings. The third kappa shape index (κ3) is 3.53. The molecule has 0 aromatic heterocycles. The fraction of sp³-hybridized carbons (Fsp3) is 0.667. The van der Waals surface area contributed by atoms with Crippen molar-refractivity contribution >= 4 is 19.0 Å². The quantitative estimate of drug-likeness (QED) is 0.322. The Morgan fingerprint density at radius 1 is 1.11 bits per heavy atom. The van der Waals surface area contributed by atoms with E-state index in [1.54, 1.807) is 0 Å². The molecule has 0 atom stereocenters. The Morgan fingerprint density at radius 2 is 1.72 bits per heavy atom. The summed E-state index contributed by atoms with van der Waals surface area (Å²) in [5.74, 6) is -0.651. The van der Waals surface area contributed by atoms with Crippen LogP contribution in [0.2, 0.25) is 0 Å². The van der Waals surface area contributed by atoms with Gasteiger partial charge in [-0.1, -0.05) is 0 Å². The first-order valence-corrected chi connectivity index (χ1v) is 8.69. The van der Waals surface area contributed by atoms with Gasteiger partial charge < -0.3 is 0 Å². The standard InChI is InChI=1S/C12H21O5P/c1-4-18(17-12(3)14,9-5-6-10-18)16-8-7-15-11(2)13/h5-6H,4,7-10H2,1-3H3. The minimum atomic E-state index is -2.92. The average Bonchev–Trinajstić information content (AvgIpc) is 2.70. The molecule has 0 N–H and O–H groups in total. The van der Waals surface area contributed by atoms with Gasteiger partial charge in [0.05, 0.1) is 0 Å². The summed E-state index contributed by atoms with van der Waals surface area (Å²) < 4.78 is 16.4. The third-order valence-electron chi connectivity index (χ3n) is 3.06. The monoisotopic (exact) mass is 276 g/mol. The van der Waals surface area contributed by atoms with E-state index in [0.717, 1.165) is 0 Å². The second-order valence-electron chi connectivity index (χ2n) is 4.43. The molecule has 104 valence electrons. The molecule has 0 radical (unpaired) electrons. The normalized spacial score (nSPS) is 21.8. The summed E-state index contributed by atoms with van der Waals surface area (Å²) in [6.45, 7) is 5.18. The van der Waals surface area contributed by atoms with E-state index in [4.69, 9.17) is 13.8 Å². The molecule has 18 heavy (non-hydrogen) atoms. The topological polar surface area (TPSA) is 61.8 Å². The van der Waals surface area contributed by atoms with Crippen molar-refractivity contribution in [1.29, 1.82) is 0 Å². The van der Waals surface area contributed by atoms with Crippen LogP contribution in [0.4, 0.5) is 0 Å². The van der Waals surface area contributed by atoms with Gasteiger partial charge in [-0.2, -0.15) is 0 Å². The molecule has 1 aliphatic rings. The van der Waals surface area contributed by atoms with Gasteiger partial charge in [0.25, 0.3) is 0 Å². The van der Waals surface area contributed by atoms with Gasteiger partial charge in [0.15, 0.2) is 0 Å². The number of ether oxygens (including phenoxy) is 1. The van der Waals surface area contributed by atoms with Gasteiger partial charge in [0.2, 0.25) is 0 Å². The summed E-state index contributed by atoms with van der Waals surface area (Å²) in [5.41, 5.74) is 0. The van der Waals surface area contributed by atoms with Crippen LogP contribution in [0.5, 0.6) is 0 Å². The van der Waals surface area contributed by atoms with Gasteiger partial charge in [-0.05, 0) is 0 Å². The van der Waals surface area contributed by atoms with Crippen LogP contribution in [0.25, 0.3) is 0 Å². The molecule has 1 aliphatic heterocycles. The molecular weight excluding hydrogens is 255 g/mol. The van der Waals surface area contributed by atoms with Gasteiger partial charge in [0, 0.05) is 0 Å². The zero-order valence-corrected chi connectivity index (χ0v) is 12.1. The Kier molecular flexibility index (Phi) is 4.88. The summed E-state index contributed by atoms with van der Waals surface area (Å²) in [6.07, 6.45) is 5.98. The average molecular weight is 276 g/mol. The van der Waals surface area contributed by atoms with E-state index in [2.05, 4.69) is 0 Å². The van der Waals surface area contributed by atoms with Crippen LogP contribution in [-0.4, -0.2) is 43.6 Å². The summed E-state index contributed by atoms with van der Waals surface area (Å²) in [5, 5.41) is 0. The van der Waals surface area contributed by atoms with Crippen LogP contribution in [0.3, 0.4) is 0 Å². The summed E-state index contributed by atoms with van der Waals surface area (Å²) in [7, 11) is -2.92. The van der Waals surface area contributed by atoms with Crippen molar-refractivity contribution in [2.75, 3.05) is 31.7 Å². The molecule has 0 aromatic rings. The van der Waals surface area contributed by atoms with Crippen molar-refractivity contribution in [3.05, 3.63) is 12.2 Å². The maximum absolute atomic E-state index is 11.3. The Labute approximate surface area is 108 Å². The molecule has 0 saturated carbocycles. The van der Waals surface area contributed by atoms with Gasteiger partial charge >= 0.3 is 107 Å². The number of hydrogen-bond donors (Lipinski definition) is 0. The molecule has 0 aromatic carbocycles. The molecule has 0 amide bonds. The van der Waals surface area contributed by atoms with Crippen molar-refractivity contribution in [2.45, 2.75) is 20.8 Å². The molecule has 0 saturated heterocycles. The molecule has 0 aliphatic carbocycles. The van der Waals surface area contributed by atoms with Crippen molar-refractivity contribution in [3.8, 4) is 0 Å². The van der Waals surface area contributed by atoms with Gasteiger partial charge in [-0.25, -0.2) is 0 Å². The molecule has 0 bridgehead atoms. The molecule has 1 heterocycles. The van der Waals surface area contributed by atoms with E-state index < -0.39 is 7.06 Å². The fourth-order valence-corrected chi connectivity index (χ4v) is 5.91. The Hall–Kier alpha value is -0.930. The van der Waals surface area contributed by atoms with Crippen LogP contribution in [0.1, 0.15) is 20.8 Å². The number of allylic oxidation sites excluding steroid dienone is 2. The van der Waals surface area contributed by atoms with Crippen LogP contribution in [0, 0.1) is 0 Å². The molecule has 0 spiro atoms. The van der Waals surface area contributed by atoms with Crippen molar-refractivity contribution in [2.24, 2.45) is 0 Å². The van der Waals surface area contributed by atoms with Crippen LogP contribution < -0.4 is 0 Å². The van der Waals surface area contributed by atoms with Gasteiger partial charge in [0.1, 0.15) is 0 Å². The van der Waals surface area contributed by atoms with E-state index >= 15 is 0 Å². The maximum atomic E-state index is 11.3. The minimum absolute atomic E-state index is 0.189. The molecule has 0 unspecified atom stereocenters. The van der Waals surface area contributed by atoms with E-state index in [-0.39, 0.29) is 25.2 Å². The van der Waals surface area contributed by atoms with E-state index in [9.17, 15) is 9.59 Å². The number of carbonyl (C=O) groups excluding carboxylic acids is 2. The Morgan fingerprint density at radius 3 is 2.17 bits per heavy atom. The first-order valence-electron chi connectivity index (χ1n) is 6.06. The van der Waals surface area contributed by atoms with Crippen LogP contribution in [0.15, 0.2) is 12.2 Å². The second-order valence-corrected chi connectivity index (χ2v) is 9.27. The van der Waals surface area contributed by atoms with Crippen LogP contribution >= 0.6 is 7.06 Å². The van der Waals surface area contributed by atoms with E-state index in [1.165, 1.54) is 13.8 Å². The Balaban J connectivity index is 2.66. The fourth-order valence-electron chi connectivity index (χ4n) is 2.09. The molecule has 1 rings (SSSR count). The summed E-state index contributed by atoms with van der Waals surface area (Å²) >= 11 is 0. The number of carbonyl (C=O) groups is 2. The zero-order valence-electron chi connectivity index (χ0n) is 11.2. The second kappa shape index (κ2) is 5.81. The van der Waals surface area contributed by atoms with E-state index in [0.29, 0.717) is 18.5 Å².